The van der Waals surface area contributed by atoms with Crippen LogP contribution in [0.4, 0.5) is 5.69 Å². The number of benzene rings is 1. The van der Waals surface area contributed by atoms with Crippen molar-refractivity contribution in [2.24, 2.45) is 0 Å². The molecule has 1 aromatic carbocycles. The maximum atomic E-state index is 11.9. The highest BCUT2D eigenvalue weighted by Crippen LogP contribution is 2.43. The zero-order chi connectivity index (χ0) is 11.2. The molecule has 2 aliphatic rings. The van der Waals surface area contributed by atoms with Crippen molar-refractivity contribution in [3.05, 3.63) is 29.8 Å². The van der Waals surface area contributed by atoms with Gasteiger partial charge in [-0.3, -0.25) is 4.79 Å². The third-order valence-electron chi connectivity index (χ3n) is 2.81. The van der Waals surface area contributed by atoms with Crippen LogP contribution in [0.3, 0.4) is 0 Å². The van der Waals surface area contributed by atoms with Crippen LogP contribution in [0.1, 0.15) is 5.56 Å². The molecule has 5 heteroatoms. The average Bonchev–Trinajstić information content (AvgIpc) is 2.85. The summed E-state index contributed by atoms with van der Waals surface area (Å²) in [4.78, 5) is 11.9. The van der Waals surface area contributed by atoms with Gasteiger partial charge >= 0.3 is 0 Å². The van der Waals surface area contributed by atoms with Crippen LogP contribution >= 0.6 is 11.6 Å². The van der Waals surface area contributed by atoms with E-state index in [0.717, 1.165) is 11.3 Å². The minimum atomic E-state index is -1.28. The summed E-state index contributed by atoms with van der Waals surface area (Å²) in [6.45, 7) is 0.339. The second kappa shape index (κ2) is 3.45. The monoisotopic (exact) mass is 239 g/mol. The van der Waals surface area contributed by atoms with Gasteiger partial charge in [0, 0.05) is 5.56 Å². The van der Waals surface area contributed by atoms with Gasteiger partial charge in [0.05, 0.1) is 24.3 Å². The summed E-state index contributed by atoms with van der Waals surface area (Å²) in [7, 11) is 0. The number of carbonyl (C=O) groups excluding carboxylic acids is 1. The van der Waals surface area contributed by atoms with Gasteiger partial charge in [-0.15, -0.1) is 11.6 Å². The molecule has 4 nitrogen and oxygen atoms in total. The fraction of sp³-hybridized carbons (Fsp3) is 0.364. The van der Waals surface area contributed by atoms with E-state index in [4.69, 9.17) is 21.1 Å². The third-order valence-corrected chi connectivity index (χ3v) is 3.15. The van der Waals surface area contributed by atoms with Gasteiger partial charge in [-0.1, -0.05) is 18.2 Å². The predicted molar refractivity (Wildman–Crippen MR) is 58.3 cm³/mol. The quantitative estimate of drug-likeness (QED) is 0.755. The van der Waals surface area contributed by atoms with Crippen LogP contribution in [0.25, 0.3) is 0 Å². The molecule has 1 N–H and O–H groups in total. The van der Waals surface area contributed by atoms with Crippen molar-refractivity contribution in [2.45, 2.75) is 11.9 Å². The number of alkyl halides is 1. The number of nitrogens with one attached hydrogen (secondary N) is 1. The molecule has 2 heterocycles. The van der Waals surface area contributed by atoms with Gasteiger partial charge in [0.1, 0.15) is 0 Å². The molecular formula is C11H10ClNO3. The van der Waals surface area contributed by atoms with Crippen LogP contribution < -0.4 is 5.32 Å². The number of hydrogen-bond acceptors (Lipinski definition) is 3. The lowest BCUT2D eigenvalue weighted by molar-refractivity contribution is -0.183. The van der Waals surface area contributed by atoms with E-state index < -0.39 is 5.79 Å². The van der Waals surface area contributed by atoms with Gasteiger partial charge in [-0.25, -0.2) is 0 Å². The summed E-state index contributed by atoms with van der Waals surface area (Å²) in [5.41, 5.74) is 1.47. The van der Waals surface area contributed by atoms with Crippen molar-refractivity contribution >= 4 is 23.2 Å². The summed E-state index contributed by atoms with van der Waals surface area (Å²) >= 11 is 5.71. The highest BCUT2D eigenvalue weighted by atomic mass is 35.5. The maximum Gasteiger partial charge on any atom is 0.289 e. The van der Waals surface area contributed by atoms with Gasteiger partial charge in [0.25, 0.3) is 11.7 Å². The molecule has 1 saturated heterocycles. The molecule has 0 unspecified atom stereocenters. The Morgan fingerprint density at radius 3 is 3.06 bits per heavy atom. The van der Waals surface area contributed by atoms with Crippen molar-refractivity contribution in [3.8, 4) is 0 Å². The van der Waals surface area contributed by atoms with Crippen molar-refractivity contribution in [2.75, 3.05) is 17.8 Å². The number of amides is 1. The molecule has 1 aromatic rings. The van der Waals surface area contributed by atoms with Crippen LogP contribution in [0.15, 0.2) is 24.3 Å². The lowest BCUT2D eigenvalue weighted by Gasteiger charge is -2.19. The molecule has 3 rings (SSSR count). The van der Waals surface area contributed by atoms with E-state index in [1.165, 1.54) is 0 Å². The average molecular weight is 240 g/mol. The normalized spacial score (nSPS) is 31.8. The van der Waals surface area contributed by atoms with Gasteiger partial charge < -0.3 is 14.8 Å². The first-order chi connectivity index (χ1) is 7.76. The second-order valence-electron chi connectivity index (χ2n) is 3.82. The van der Waals surface area contributed by atoms with E-state index in [9.17, 15) is 4.79 Å². The standard InChI is InChI=1S/C11H10ClNO3/c12-5-7-6-15-11(16-7)8-3-1-2-4-9(8)13-10(11)14/h1-4,7H,5-6H2,(H,13,14)/t7-,11+/m0/s1. The van der Waals surface area contributed by atoms with E-state index in [1.807, 2.05) is 24.3 Å². The number of ether oxygens (including phenoxy) is 2. The number of anilines is 1. The Bertz CT molecular complexity index is 451. The lowest BCUT2D eigenvalue weighted by atomic mass is 10.1. The Kier molecular flexibility index (Phi) is 2.17. The zero-order valence-electron chi connectivity index (χ0n) is 8.40. The molecule has 0 saturated carbocycles. The molecule has 84 valence electrons. The smallest absolute Gasteiger partial charge is 0.289 e. The first kappa shape index (κ1) is 10.1. The van der Waals surface area contributed by atoms with Crippen molar-refractivity contribution in [3.63, 3.8) is 0 Å². The van der Waals surface area contributed by atoms with Gasteiger partial charge in [-0.05, 0) is 6.07 Å². The Hall–Kier alpha value is -1.10. The van der Waals surface area contributed by atoms with Crippen LogP contribution in [0.5, 0.6) is 0 Å². The van der Waals surface area contributed by atoms with Gasteiger partial charge in [0.15, 0.2) is 0 Å². The molecule has 0 radical (unpaired) electrons. The molecule has 16 heavy (non-hydrogen) atoms. The number of carbonyl (C=O) groups is 1. The molecular weight excluding hydrogens is 230 g/mol. The number of hydrogen-bond donors (Lipinski definition) is 1. The van der Waals surface area contributed by atoms with Crippen LogP contribution in [0, 0.1) is 0 Å². The second-order valence-corrected chi connectivity index (χ2v) is 4.13. The molecule has 1 amide bonds. The van der Waals surface area contributed by atoms with Crippen molar-refractivity contribution in [1.82, 2.24) is 0 Å². The van der Waals surface area contributed by atoms with E-state index in [-0.39, 0.29) is 12.0 Å². The zero-order valence-corrected chi connectivity index (χ0v) is 9.16. The maximum absolute atomic E-state index is 11.9. The first-order valence-corrected chi connectivity index (χ1v) is 5.58. The molecule has 0 aliphatic carbocycles. The van der Waals surface area contributed by atoms with Crippen molar-refractivity contribution < 1.29 is 14.3 Å². The topological polar surface area (TPSA) is 47.6 Å². The molecule has 1 spiro atoms. The molecule has 2 atom stereocenters. The number of rotatable bonds is 1. The highest BCUT2D eigenvalue weighted by molar-refractivity contribution is 6.18. The Morgan fingerprint density at radius 1 is 1.50 bits per heavy atom. The largest absolute Gasteiger partial charge is 0.336 e. The van der Waals surface area contributed by atoms with E-state index in [0.29, 0.717) is 12.5 Å². The minimum absolute atomic E-state index is 0.237. The van der Waals surface area contributed by atoms with Crippen LogP contribution in [-0.2, 0) is 20.1 Å². The molecule has 1 fully saturated rings. The summed E-state index contributed by atoms with van der Waals surface area (Å²) < 4.78 is 11.2. The summed E-state index contributed by atoms with van der Waals surface area (Å²) in [6, 6.07) is 7.35. The Labute approximate surface area is 97.5 Å². The third kappa shape index (κ3) is 1.21. The summed E-state index contributed by atoms with van der Waals surface area (Å²) in [6.07, 6.45) is -0.237. The highest BCUT2D eigenvalue weighted by Gasteiger charge is 2.54. The SMILES string of the molecule is O=C1Nc2ccccc2[C@]12OC[C@H](CCl)O2. The number of halogens is 1. The van der Waals surface area contributed by atoms with E-state index in [1.54, 1.807) is 0 Å². The van der Waals surface area contributed by atoms with E-state index in [2.05, 4.69) is 5.32 Å². The summed E-state index contributed by atoms with van der Waals surface area (Å²) in [5.74, 6) is -1.24. The van der Waals surface area contributed by atoms with Crippen molar-refractivity contribution in [1.29, 1.82) is 0 Å². The lowest BCUT2D eigenvalue weighted by Crippen LogP contribution is -2.36. The molecule has 2 aliphatic heterocycles. The minimum Gasteiger partial charge on any atom is -0.336 e. The molecule has 0 aromatic heterocycles. The molecule has 0 bridgehead atoms. The Morgan fingerprint density at radius 2 is 2.31 bits per heavy atom. The first-order valence-electron chi connectivity index (χ1n) is 5.05. The predicted octanol–water partition coefficient (Wildman–Crippen LogP) is 1.45. The van der Waals surface area contributed by atoms with Gasteiger partial charge in [-0.2, -0.15) is 0 Å². The number of fused-ring (bicyclic) bond motifs is 2. The van der Waals surface area contributed by atoms with Crippen LogP contribution in [-0.4, -0.2) is 24.5 Å². The van der Waals surface area contributed by atoms with Crippen LogP contribution in [0.2, 0.25) is 0 Å². The number of para-hydroxylation sites is 1. The Balaban J connectivity index is 2.05. The van der Waals surface area contributed by atoms with E-state index >= 15 is 0 Å². The van der Waals surface area contributed by atoms with Gasteiger partial charge in [0.2, 0.25) is 0 Å². The summed E-state index contributed by atoms with van der Waals surface area (Å²) in [5, 5.41) is 2.74. The fourth-order valence-corrected chi connectivity index (χ4v) is 2.21. The fourth-order valence-electron chi connectivity index (χ4n) is 2.06.